The predicted octanol–water partition coefficient (Wildman–Crippen LogP) is 4.58. The molecule has 0 aliphatic heterocycles. The Balaban J connectivity index is 3.09. The highest BCUT2D eigenvalue weighted by atomic mass is 79.9. The van der Waals surface area contributed by atoms with E-state index < -0.39 is 9.84 Å². The molecule has 1 aromatic rings. The third kappa shape index (κ3) is 4.21. The van der Waals surface area contributed by atoms with Gasteiger partial charge in [0.1, 0.15) is 0 Å². The summed E-state index contributed by atoms with van der Waals surface area (Å²) < 4.78 is 24.1. The highest BCUT2D eigenvalue weighted by molar-refractivity contribution is 9.09. The van der Waals surface area contributed by atoms with Crippen molar-refractivity contribution in [3.63, 3.8) is 0 Å². The van der Waals surface area contributed by atoms with Crippen LogP contribution in [0.15, 0.2) is 24.3 Å². The number of alkyl halides is 2. The highest BCUT2D eigenvalue weighted by Crippen LogP contribution is 2.37. The van der Waals surface area contributed by atoms with E-state index in [1.165, 1.54) is 0 Å². The van der Waals surface area contributed by atoms with Crippen LogP contribution >= 0.6 is 43.5 Å². The van der Waals surface area contributed by atoms with E-state index in [1.54, 1.807) is 13.8 Å². The van der Waals surface area contributed by atoms with Crippen molar-refractivity contribution in [1.29, 1.82) is 0 Å². The zero-order valence-electron chi connectivity index (χ0n) is 11.6. The molecule has 0 heterocycles. The minimum absolute atomic E-state index is 0.160. The van der Waals surface area contributed by atoms with Crippen LogP contribution in [-0.4, -0.2) is 30.1 Å². The molecule has 0 bridgehead atoms. The lowest BCUT2D eigenvalue weighted by Crippen LogP contribution is -2.34. The Labute approximate surface area is 143 Å². The van der Waals surface area contributed by atoms with Gasteiger partial charge in [-0.2, -0.15) is 0 Å². The number of rotatable bonds is 7. The molecule has 114 valence electrons. The summed E-state index contributed by atoms with van der Waals surface area (Å²) in [5.74, 6) is 0.160. The molecule has 0 aromatic heterocycles. The first kappa shape index (κ1) is 18.5. The molecule has 0 saturated heterocycles. The Morgan fingerprint density at radius 2 is 1.75 bits per heavy atom. The average Bonchev–Trinajstić information content (AvgIpc) is 2.42. The van der Waals surface area contributed by atoms with E-state index in [-0.39, 0.29) is 16.4 Å². The van der Waals surface area contributed by atoms with Crippen molar-refractivity contribution in [2.75, 3.05) is 16.4 Å². The van der Waals surface area contributed by atoms with Crippen LogP contribution in [0.3, 0.4) is 0 Å². The van der Waals surface area contributed by atoms with Crippen molar-refractivity contribution in [1.82, 2.24) is 0 Å². The van der Waals surface area contributed by atoms with Gasteiger partial charge in [0.05, 0.1) is 11.0 Å². The first-order valence-corrected chi connectivity index (χ1v) is 10.7. The predicted molar refractivity (Wildman–Crippen MR) is 94.3 cm³/mol. The maximum Gasteiger partial charge on any atom is 0.152 e. The third-order valence-electron chi connectivity index (χ3n) is 3.54. The van der Waals surface area contributed by atoms with E-state index in [2.05, 4.69) is 31.9 Å². The number of sulfone groups is 1. The molecular formula is C14H19Br2ClO2S. The van der Waals surface area contributed by atoms with Crippen molar-refractivity contribution in [2.24, 2.45) is 0 Å². The van der Waals surface area contributed by atoms with Crippen molar-refractivity contribution >= 4 is 53.3 Å². The van der Waals surface area contributed by atoms with Crippen molar-refractivity contribution in [3.05, 3.63) is 34.9 Å². The minimum atomic E-state index is -3.06. The molecular weight excluding hydrogens is 427 g/mol. The molecule has 0 aliphatic carbocycles. The molecule has 0 amide bonds. The molecule has 0 unspecified atom stereocenters. The van der Waals surface area contributed by atoms with Crippen LogP contribution in [0.25, 0.3) is 0 Å². The largest absolute Gasteiger partial charge is 0.229 e. The highest BCUT2D eigenvalue weighted by Gasteiger charge is 2.34. The molecule has 1 rings (SSSR count). The smallest absolute Gasteiger partial charge is 0.152 e. The molecule has 0 atom stereocenters. The van der Waals surface area contributed by atoms with E-state index in [0.717, 1.165) is 5.56 Å². The fraction of sp³-hybridized carbons (Fsp3) is 0.571. The van der Waals surface area contributed by atoms with Crippen LogP contribution in [0.5, 0.6) is 0 Å². The van der Waals surface area contributed by atoms with Gasteiger partial charge in [-0.3, -0.25) is 0 Å². The average molecular weight is 447 g/mol. The summed E-state index contributed by atoms with van der Waals surface area (Å²) in [7, 11) is -3.06. The molecule has 2 nitrogen and oxygen atoms in total. The van der Waals surface area contributed by atoms with E-state index in [4.69, 9.17) is 11.6 Å². The van der Waals surface area contributed by atoms with Gasteiger partial charge in [0.25, 0.3) is 0 Å². The van der Waals surface area contributed by atoms with Crippen LogP contribution in [0.2, 0.25) is 5.02 Å². The van der Waals surface area contributed by atoms with Crippen LogP contribution in [0.1, 0.15) is 25.8 Å². The van der Waals surface area contributed by atoms with Gasteiger partial charge in [-0.25, -0.2) is 8.42 Å². The molecule has 1 aromatic carbocycles. The minimum Gasteiger partial charge on any atom is -0.229 e. The lowest BCUT2D eigenvalue weighted by Gasteiger charge is -2.31. The standard InChI is InChI=1S/C14H19Br2ClO2S/c1-11(2)20(18,19)8-7-14(9-15,10-16)12-5-3-4-6-13(12)17/h3-6,11H,7-10H2,1-2H3. The molecule has 0 aliphatic rings. The van der Waals surface area contributed by atoms with Gasteiger partial charge in [0.2, 0.25) is 0 Å². The first-order chi connectivity index (χ1) is 9.29. The first-order valence-electron chi connectivity index (χ1n) is 6.37. The van der Waals surface area contributed by atoms with E-state index in [0.29, 0.717) is 22.1 Å². The van der Waals surface area contributed by atoms with E-state index in [9.17, 15) is 8.42 Å². The fourth-order valence-corrected chi connectivity index (χ4v) is 5.49. The molecule has 0 saturated carbocycles. The summed E-state index contributed by atoms with van der Waals surface area (Å²) in [6.07, 6.45) is 0.535. The number of hydrogen-bond acceptors (Lipinski definition) is 2. The summed E-state index contributed by atoms with van der Waals surface area (Å²) in [6, 6.07) is 7.61. The van der Waals surface area contributed by atoms with Gasteiger partial charge in [-0.05, 0) is 31.9 Å². The van der Waals surface area contributed by atoms with E-state index >= 15 is 0 Å². The second kappa shape index (κ2) is 7.61. The Kier molecular flexibility index (Phi) is 7.03. The summed E-state index contributed by atoms with van der Waals surface area (Å²) in [4.78, 5) is 0. The van der Waals surface area contributed by atoms with Crippen molar-refractivity contribution in [2.45, 2.75) is 30.9 Å². The van der Waals surface area contributed by atoms with Gasteiger partial charge < -0.3 is 0 Å². The summed E-state index contributed by atoms with van der Waals surface area (Å²) >= 11 is 13.3. The van der Waals surface area contributed by atoms with Crippen molar-refractivity contribution in [3.8, 4) is 0 Å². The normalized spacial score (nSPS) is 12.9. The van der Waals surface area contributed by atoms with Gasteiger partial charge >= 0.3 is 0 Å². The Hall–Kier alpha value is 0.420. The Morgan fingerprint density at radius 1 is 1.20 bits per heavy atom. The number of hydrogen-bond donors (Lipinski definition) is 0. The van der Waals surface area contributed by atoms with Crippen LogP contribution in [-0.2, 0) is 15.3 Å². The summed E-state index contributed by atoms with van der Waals surface area (Å²) in [5, 5.41) is 1.64. The van der Waals surface area contributed by atoms with Gasteiger partial charge in [0.15, 0.2) is 9.84 Å². The SMILES string of the molecule is CC(C)S(=O)(=O)CCC(CBr)(CBr)c1ccccc1Cl. The maximum atomic E-state index is 12.1. The van der Waals surface area contributed by atoms with Gasteiger partial charge in [-0.1, -0.05) is 61.7 Å². The molecule has 0 fully saturated rings. The molecule has 20 heavy (non-hydrogen) atoms. The topological polar surface area (TPSA) is 34.1 Å². The van der Waals surface area contributed by atoms with Gasteiger partial charge in [-0.15, -0.1) is 0 Å². The molecule has 0 N–H and O–H groups in total. The molecule has 0 spiro atoms. The van der Waals surface area contributed by atoms with Crippen LogP contribution in [0, 0.1) is 0 Å². The van der Waals surface area contributed by atoms with E-state index in [1.807, 2.05) is 24.3 Å². The van der Waals surface area contributed by atoms with Gasteiger partial charge in [0, 0.05) is 21.1 Å². The zero-order valence-corrected chi connectivity index (χ0v) is 16.3. The van der Waals surface area contributed by atoms with Crippen LogP contribution in [0.4, 0.5) is 0 Å². The second-order valence-electron chi connectivity index (χ2n) is 5.19. The quantitative estimate of drug-likeness (QED) is 0.575. The Bertz CT molecular complexity index is 540. The summed E-state index contributed by atoms with van der Waals surface area (Å²) in [5.41, 5.74) is 0.662. The van der Waals surface area contributed by atoms with Crippen LogP contribution < -0.4 is 0 Å². The monoisotopic (exact) mass is 444 g/mol. The lowest BCUT2D eigenvalue weighted by molar-refractivity contribution is 0.521. The molecule has 0 radical (unpaired) electrons. The second-order valence-corrected chi connectivity index (χ2v) is 9.40. The summed E-state index contributed by atoms with van der Waals surface area (Å²) in [6.45, 7) is 3.43. The third-order valence-corrected chi connectivity index (χ3v) is 8.23. The number of benzene rings is 1. The molecule has 6 heteroatoms. The van der Waals surface area contributed by atoms with Crippen molar-refractivity contribution < 1.29 is 8.42 Å². The Morgan fingerprint density at radius 3 is 2.20 bits per heavy atom. The number of halogens is 3. The lowest BCUT2D eigenvalue weighted by atomic mass is 9.82. The maximum absolute atomic E-state index is 12.1. The fourth-order valence-electron chi connectivity index (χ4n) is 1.91. The zero-order chi connectivity index (χ0) is 15.4.